The van der Waals surface area contributed by atoms with Crippen LogP contribution in [0.25, 0.3) is 10.9 Å². The predicted octanol–water partition coefficient (Wildman–Crippen LogP) is 3.19. The van der Waals surface area contributed by atoms with Gasteiger partial charge in [-0.05, 0) is 36.8 Å². The first-order chi connectivity index (χ1) is 15.9. The van der Waals surface area contributed by atoms with Crippen molar-refractivity contribution in [1.29, 1.82) is 0 Å². The summed E-state index contributed by atoms with van der Waals surface area (Å²) in [7, 11) is 0. The van der Waals surface area contributed by atoms with Crippen molar-refractivity contribution in [2.45, 2.75) is 46.3 Å². The van der Waals surface area contributed by atoms with Gasteiger partial charge in [0.15, 0.2) is 0 Å². The number of carbonyl (C=O) groups is 1. The smallest absolute Gasteiger partial charge is 0.330 e. The van der Waals surface area contributed by atoms with Gasteiger partial charge in [0.25, 0.3) is 5.56 Å². The highest BCUT2D eigenvalue weighted by Crippen LogP contribution is 2.17. The molecule has 0 fully saturated rings. The Morgan fingerprint density at radius 3 is 2.61 bits per heavy atom. The zero-order valence-electron chi connectivity index (χ0n) is 19.0. The molecule has 1 N–H and O–H groups in total. The number of para-hydroxylation sites is 1. The highest BCUT2D eigenvalue weighted by atomic mass is 16.2. The first-order valence-corrected chi connectivity index (χ1v) is 11.0. The van der Waals surface area contributed by atoms with Crippen LogP contribution in [0, 0.1) is 0 Å². The molecular weight excluding hydrogens is 418 g/mol. The number of imidazole rings is 1. The first kappa shape index (κ1) is 22.3. The van der Waals surface area contributed by atoms with Gasteiger partial charge in [-0.15, -0.1) is 0 Å². The fraction of sp³-hybridized carbons (Fsp3) is 0.280. The highest BCUT2D eigenvalue weighted by molar-refractivity contribution is 5.91. The van der Waals surface area contributed by atoms with Crippen LogP contribution in [0.4, 0.5) is 5.69 Å². The summed E-state index contributed by atoms with van der Waals surface area (Å²) in [6, 6.07) is 14.4. The molecule has 0 aliphatic carbocycles. The van der Waals surface area contributed by atoms with Crippen molar-refractivity contribution in [3.05, 3.63) is 93.2 Å². The monoisotopic (exact) mass is 445 g/mol. The summed E-state index contributed by atoms with van der Waals surface area (Å²) in [5.74, 6) is 0.968. The fourth-order valence-corrected chi connectivity index (χ4v) is 4.05. The molecule has 0 unspecified atom stereocenters. The number of nitrogens with zero attached hydrogens (tertiary/aromatic N) is 4. The number of carbonyl (C=O) groups excluding carboxylic acids is 1. The molecule has 0 radical (unpaired) electrons. The van der Waals surface area contributed by atoms with E-state index in [1.54, 1.807) is 37.4 Å². The van der Waals surface area contributed by atoms with Crippen molar-refractivity contribution in [2.24, 2.45) is 0 Å². The number of benzene rings is 2. The topological polar surface area (TPSA) is 90.9 Å². The van der Waals surface area contributed by atoms with Crippen molar-refractivity contribution in [2.75, 3.05) is 5.32 Å². The van der Waals surface area contributed by atoms with Crippen LogP contribution in [0.3, 0.4) is 0 Å². The second-order valence-corrected chi connectivity index (χ2v) is 8.25. The van der Waals surface area contributed by atoms with Crippen LogP contribution in [-0.2, 0) is 24.4 Å². The molecule has 170 valence electrons. The molecule has 2 heterocycles. The molecule has 2 aromatic carbocycles. The zero-order valence-corrected chi connectivity index (χ0v) is 19.0. The van der Waals surface area contributed by atoms with E-state index in [4.69, 9.17) is 0 Å². The maximum absolute atomic E-state index is 12.9. The largest absolute Gasteiger partial charge is 0.331 e. The minimum absolute atomic E-state index is 0.192. The number of rotatable bonds is 7. The van der Waals surface area contributed by atoms with E-state index in [0.717, 1.165) is 16.0 Å². The SMILES string of the molecule is CCn1c(=O)c2ccccc2n(CC(=O)Nc2cccc(Cn3ccnc3C(C)C)c2)c1=O. The summed E-state index contributed by atoms with van der Waals surface area (Å²) in [5.41, 5.74) is 1.27. The Morgan fingerprint density at radius 1 is 1.06 bits per heavy atom. The van der Waals surface area contributed by atoms with Crippen molar-refractivity contribution in [1.82, 2.24) is 18.7 Å². The molecule has 4 aromatic rings. The average molecular weight is 446 g/mol. The third kappa shape index (κ3) is 4.50. The Labute approximate surface area is 191 Å². The molecule has 0 saturated heterocycles. The zero-order chi connectivity index (χ0) is 23.5. The number of aromatic nitrogens is 4. The maximum atomic E-state index is 12.9. The van der Waals surface area contributed by atoms with E-state index in [1.807, 2.05) is 30.5 Å². The summed E-state index contributed by atoms with van der Waals surface area (Å²) >= 11 is 0. The van der Waals surface area contributed by atoms with Crippen LogP contribution in [0.5, 0.6) is 0 Å². The van der Waals surface area contributed by atoms with Gasteiger partial charge in [-0.3, -0.25) is 18.7 Å². The Kier molecular flexibility index (Phi) is 6.26. The number of nitrogens with one attached hydrogen (secondary N) is 1. The minimum Gasteiger partial charge on any atom is -0.330 e. The van der Waals surface area contributed by atoms with Gasteiger partial charge < -0.3 is 9.88 Å². The van der Waals surface area contributed by atoms with Crippen LogP contribution < -0.4 is 16.6 Å². The van der Waals surface area contributed by atoms with Gasteiger partial charge in [-0.2, -0.15) is 0 Å². The summed E-state index contributed by atoms with van der Waals surface area (Å²) < 4.78 is 4.58. The fourth-order valence-electron chi connectivity index (χ4n) is 4.05. The molecule has 0 aliphatic rings. The van der Waals surface area contributed by atoms with Gasteiger partial charge >= 0.3 is 5.69 Å². The number of hydrogen-bond acceptors (Lipinski definition) is 4. The van der Waals surface area contributed by atoms with Gasteiger partial charge in [-0.25, -0.2) is 9.78 Å². The summed E-state index contributed by atoms with van der Waals surface area (Å²) in [4.78, 5) is 42.7. The molecule has 0 aliphatic heterocycles. The van der Waals surface area contributed by atoms with E-state index in [2.05, 4.69) is 28.7 Å². The molecule has 8 nitrogen and oxygen atoms in total. The lowest BCUT2D eigenvalue weighted by atomic mass is 10.1. The van der Waals surface area contributed by atoms with Crippen molar-refractivity contribution < 1.29 is 4.79 Å². The Bertz CT molecular complexity index is 1430. The quantitative estimate of drug-likeness (QED) is 0.473. The Hall–Kier alpha value is -3.94. The van der Waals surface area contributed by atoms with Gasteiger partial charge in [-0.1, -0.05) is 38.1 Å². The number of amides is 1. The molecule has 0 spiro atoms. The van der Waals surface area contributed by atoms with E-state index >= 15 is 0 Å². The first-order valence-electron chi connectivity index (χ1n) is 11.0. The predicted molar refractivity (Wildman–Crippen MR) is 129 cm³/mol. The van der Waals surface area contributed by atoms with Gasteiger partial charge in [0, 0.05) is 37.1 Å². The molecule has 0 saturated carbocycles. The minimum atomic E-state index is -0.494. The van der Waals surface area contributed by atoms with Crippen LogP contribution in [0.15, 0.2) is 70.5 Å². The van der Waals surface area contributed by atoms with Crippen molar-refractivity contribution in [3.63, 3.8) is 0 Å². The van der Waals surface area contributed by atoms with Gasteiger partial charge in [0.05, 0.1) is 10.9 Å². The third-order valence-electron chi connectivity index (χ3n) is 5.58. The Morgan fingerprint density at radius 2 is 1.85 bits per heavy atom. The van der Waals surface area contributed by atoms with Crippen LogP contribution in [0.1, 0.15) is 38.1 Å². The lowest BCUT2D eigenvalue weighted by molar-refractivity contribution is -0.116. The number of fused-ring (bicyclic) bond motifs is 1. The lowest BCUT2D eigenvalue weighted by Gasteiger charge is -2.14. The average Bonchev–Trinajstić information content (AvgIpc) is 3.26. The van der Waals surface area contributed by atoms with Crippen LogP contribution >= 0.6 is 0 Å². The molecule has 0 bridgehead atoms. The normalized spacial score (nSPS) is 11.3. The molecule has 4 rings (SSSR count). The lowest BCUT2D eigenvalue weighted by Crippen LogP contribution is -2.41. The molecular formula is C25H27N5O3. The molecule has 1 amide bonds. The third-order valence-corrected chi connectivity index (χ3v) is 5.58. The number of hydrogen-bond donors (Lipinski definition) is 1. The summed E-state index contributed by atoms with van der Waals surface area (Å²) in [6.07, 6.45) is 3.74. The van der Waals surface area contributed by atoms with E-state index in [9.17, 15) is 14.4 Å². The highest BCUT2D eigenvalue weighted by Gasteiger charge is 2.15. The molecule has 0 atom stereocenters. The standard InChI is InChI=1S/C25H27N5O3/c1-4-29-24(32)20-10-5-6-11-21(20)30(25(29)33)16-22(31)27-19-9-7-8-18(14-19)15-28-13-12-26-23(28)17(2)3/h5-14,17H,4,15-16H2,1-3H3,(H,27,31). The van der Waals surface area contributed by atoms with E-state index in [0.29, 0.717) is 29.1 Å². The molecule has 8 heteroatoms. The van der Waals surface area contributed by atoms with Gasteiger partial charge in [0.1, 0.15) is 12.4 Å². The van der Waals surface area contributed by atoms with Crippen LogP contribution in [-0.4, -0.2) is 24.6 Å². The summed E-state index contributed by atoms with van der Waals surface area (Å²) in [6.45, 7) is 6.62. The van der Waals surface area contributed by atoms with Crippen molar-refractivity contribution in [3.8, 4) is 0 Å². The second kappa shape index (κ2) is 9.28. The maximum Gasteiger partial charge on any atom is 0.331 e. The number of anilines is 1. The molecule has 2 aromatic heterocycles. The van der Waals surface area contributed by atoms with Crippen molar-refractivity contribution >= 4 is 22.5 Å². The summed E-state index contributed by atoms with van der Waals surface area (Å²) in [5, 5.41) is 3.29. The van der Waals surface area contributed by atoms with E-state index in [1.165, 1.54) is 4.57 Å². The van der Waals surface area contributed by atoms with E-state index < -0.39 is 5.69 Å². The Balaban J connectivity index is 1.58. The van der Waals surface area contributed by atoms with Gasteiger partial charge in [0.2, 0.25) is 5.91 Å². The molecule has 33 heavy (non-hydrogen) atoms. The second-order valence-electron chi connectivity index (χ2n) is 8.25. The van der Waals surface area contributed by atoms with E-state index in [-0.39, 0.29) is 24.6 Å². The van der Waals surface area contributed by atoms with Crippen LogP contribution in [0.2, 0.25) is 0 Å².